The highest BCUT2D eigenvalue weighted by atomic mass is 19.4. The number of nitrogens with two attached hydrogens (primary N) is 1. The van der Waals surface area contributed by atoms with Crippen LogP contribution < -0.4 is 10.6 Å². The molecule has 17 heavy (non-hydrogen) atoms. The van der Waals surface area contributed by atoms with Crippen molar-refractivity contribution < 1.29 is 13.2 Å². The van der Waals surface area contributed by atoms with Gasteiger partial charge in [0.1, 0.15) is 5.82 Å². The first-order valence-electron chi connectivity index (χ1n) is 5.43. The van der Waals surface area contributed by atoms with E-state index in [0.29, 0.717) is 13.1 Å². The van der Waals surface area contributed by atoms with E-state index in [1.807, 2.05) is 4.90 Å². The third-order valence-electron chi connectivity index (χ3n) is 2.70. The van der Waals surface area contributed by atoms with Gasteiger partial charge in [-0.15, -0.1) is 0 Å². The zero-order valence-corrected chi connectivity index (χ0v) is 9.17. The number of anilines is 2. The summed E-state index contributed by atoms with van der Waals surface area (Å²) >= 11 is 0. The summed E-state index contributed by atoms with van der Waals surface area (Å²) in [6.07, 6.45) is -1.46. The zero-order chi connectivity index (χ0) is 12.5. The van der Waals surface area contributed by atoms with Gasteiger partial charge in [0, 0.05) is 19.2 Å². The predicted molar refractivity (Wildman–Crippen MR) is 57.5 cm³/mol. The van der Waals surface area contributed by atoms with Crippen molar-refractivity contribution in [1.82, 2.24) is 9.97 Å². The van der Waals surface area contributed by atoms with Crippen molar-refractivity contribution >= 4 is 11.8 Å². The van der Waals surface area contributed by atoms with Crippen LogP contribution in [0, 0.1) is 0 Å². The second-order valence-corrected chi connectivity index (χ2v) is 4.02. The summed E-state index contributed by atoms with van der Waals surface area (Å²) in [7, 11) is 0. The molecule has 1 aliphatic rings. The van der Waals surface area contributed by atoms with Crippen molar-refractivity contribution in [2.45, 2.75) is 25.4 Å². The van der Waals surface area contributed by atoms with E-state index < -0.39 is 11.9 Å². The van der Waals surface area contributed by atoms with E-state index >= 15 is 0 Å². The Morgan fingerprint density at radius 2 is 1.76 bits per heavy atom. The molecule has 0 amide bonds. The number of alkyl halides is 3. The van der Waals surface area contributed by atoms with Crippen LogP contribution in [0.2, 0.25) is 0 Å². The summed E-state index contributed by atoms with van der Waals surface area (Å²) in [5.74, 6) is -0.0649. The SMILES string of the molecule is Nc1nc(N2CCCCC2)cc(C(F)(F)F)n1. The Labute approximate surface area is 96.7 Å². The first kappa shape index (κ1) is 11.9. The molecule has 1 aromatic rings. The first-order chi connectivity index (χ1) is 7.97. The predicted octanol–water partition coefficient (Wildman–Crippen LogP) is 2.07. The van der Waals surface area contributed by atoms with E-state index in [-0.39, 0.29) is 11.8 Å². The number of hydrogen-bond acceptors (Lipinski definition) is 4. The van der Waals surface area contributed by atoms with E-state index in [1.165, 1.54) is 0 Å². The Hall–Kier alpha value is -1.53. The average molecular weight is 246 g/mol. The second-order valence-electron chi connectivity index (χ2n) is 4.02. The molecule has 0 atom stereocenters. The highest BCUT2D eigenvalue weighted by Gasteiger charge is 2.34. The second kappa shape index (κ2) is 4.38. The molecule has 0 aliphatic carbocycles. The summed E-state index contributed by atoms with van der Waals surface area (Å²) in [4.78, 5) is 8.89. The van der Waals surface area contributed by atoms with Crippen LogP contribution in [0.3, 0.4) is 0 Å². The summed E-state index contributed by atoms with van der Waals surface area (Å²) in [6, 6.07) is 0.960. The number of aromatic nitrogens is 2. The van der Waals surface area contributed by atoms with Gasteiger partial charge < -0.3 is 10.6 Å². The molecule has 1 saturated heterocycles. The molecule has 0 saturated carbocycles. The van der Waals surface area contributed by atoms with Gasteiger partial charge in [0.2, 0.25) is 5.95 Å². The highest BCUT2D eigenvalue weighted by Crippen LogP contribution is 2.30. The molecule has 2 N–H and O–H groups in total. The molecule has 1 aromatic heterocycles. The standard InChI is InChI=1S/C10H13F3N4/c11-10(12,13)7-6-8(16-9(14)15-7)17-4-2-1-3-5-17/h6H,1-5H2,(H2,14,15,16). The van der Waals surface area contributed by atoms with Gasteiger partial charge in [0.25, 0.3) is 0 Å². The van der Waals surface area contributed by atoms with E-state index in [2.05, 4.69) is 9.97 Å². The third-order valence-corrected chi connectivity index (χ3v) is 2.70. The van der Waals surface area contributed by atoms with Crippen LogP contribution in [0.25, 0.3) is 0 Å². The van der Waals surface area contributed by atoms with Crippen LogP contribution in [0.5, 0.6) is 0 Å². The molecule has 0 aromatic carbocycles. The third kappa shape index (κ3) is 2.78. The number of halogens is 3. The molecular weight excluding hydrogens is 233 g/mol. The molecule has 2 heterocycles. The normalized spacial score (nSPS) is 17.2. The Balaban J connectivity index is 2.31. The van der Waals surface area contributed by atoms with E-state index in [0.717, 1.165) is 25.3 Å². The quantitative estimate of drug-likeness (QED) is 0.824. The van der Waals surface area contributed by atoms with Gasteiger partial charge >= 0.3 is 6.18 Å². The fraction of sp³-hybridized carbons (Fsp3) is 0.600. The van der Waals surface area contributed by atoms with Crippen molar-refractivity contribution in [2.24, 2.45) is 0 Å². The Bertz CT molecular complexity index is 399. The number of nitrogens with zero attached hydrogens (tertiary/aromatic N) is 3. The molecule has 7 heteroatoms. The van der Waals surface area contributed by atoms with Crippen LogP contribution in [0.4, 0.5) is 24.9 Å². The summed E-state index contributed by atoms with van der Waals surface area (Å²) in [6.45, 7) is 1.43. The average Bonchev–Trinajstić information content (AvgIpc) is 2.28. The van der Waals surface area contributed by atoms with Crippen LogP contribution in [-0.4, -0.2) is 23.1 Å². The van der Waals surface area contributed by atoms with Crippen LogP contribution >= 0.6 is 0 Å². The summed E-state index contributed by atoms with van der Waals surface area (Å²) < 4.78 is 37.7. The fourth-order valence-corrected chi connectivity index (χ4v) is 1.88. The Kier molecular flexibility index (Phi) is 3.08. The zero-order valence-electron chi connectivity index (χ0n) is 9.17. The maximum atomic E-state index is 12.6. The molecule has 1 aliphatic heterocycles. The fourth-order valence-electron chi connectivity index (χ4n) is 1.88. The van der Waals surface area contributed by atoms with Gasteiger partial charge in [-0.05, 0) is 19.3 Å². The van der Waals surface area contributed by atoms with Crippen LogP contribution in [0.1, 0.15) is 25.0 Å². The van der Waals surface area contributed by atoms with Crippen molar-refractivity contribution in [1.29, 1.82) is 0 Å². The molecule has 4 nitrogen and oxygen atoms in total. The first-order valence-corrected chi connectivity index (χ1v) is 5.43. The highest BCUT2D eigenvalue weighted by molar-refractivity contribution is 5.44. The lowest BCUT2D eigenvalue weighted by molar-refractivity contribution is -0.141. The van der Waals surface area contributed by atoms with E-state index in [1.54, 1.807) is 0 Å². The molecule has 1 fully saturated rings. The molecule has 0 spiro atoms. The van der Waals surface area contributed by atoms with Gasteiger partial charge in [-0.2, -0.15) is 18.2 Å². The minimum Gasteiger partial charge on any atom is -0.368 e. The number of piperidine rings is 1. The van der Waals surface area contributed by atoms with Gasteiger partial charge in [-0.3, -0.25) is 0 Å². The van der Waals surface area contributed by atoms with Gasteiger partial charge in [-0.25, -0.2) is 4.98 Å². The maximum absolute atomic E-state index is 12.6. The van der Waals surface area contributed by atoms with Gasteiger partial charge in [0.05, 0.1) is 0 Å². The molecule has 0 unspecified atom stereocenters. The van der Waals surface area contributed by atoms with Crippen molar-refractivity contribution in [3.63, 3.8) is 0 Å². The number of rotatable bonds is 1. The summed E-state index contributed by atoms with van der Waals surface area (Å²) in [5.41, 5.74) is 4.33. The van der Waals surface area contributed by atoms with E-state index in [4.69, 9.17) is 5.73 Å². The molecule has 2 rings (SSSR count). The van der Waals surface area contributed by atoms with Crippen molar-refractivity contribution in [3.8, 4) is 0 Å². The summed E-state index contributed by atoms with van der Waals surface area (Å²) in [5, 5.41) is 0. The smallest absolute Gasteiger partial charge is 0.368 e. The number of hydrogen-bond donors (Lipinski definition) is 1. The monoisotopic (exact) mass is 246 g/mol. The van der Waals surface area contributed by atoms with Crippen molar-refractivity contribution in [2.75, 3.05) is 23.7 Å². The lowest BCUT2D eigenvalue weighted by Crippen LogP contribution is -2.31. The van der Waals surface area contributed by atoms with E-state index in [9.17, 15) is 13.2 Å². The molecule has 0 radical (unpaired) electrons. The Morgan fingerprint density at radius 1 is 1.12 bits per heavy atom. The minimum atomic E-state index is -4.48. The lowest BCUT2D eigenvalue weighted by Gasteiger charge is -2.28. The Morgan fingerprint density at radius 3 is 2.35 bits per heavy atom. The molecule has 0 bridgehead atoms. The maximum Gasteiger partial charge on any atom is 0.433 e. The number of nitrogen functional groups attached to an aromatic ring is 1. The topological polar surface area (TPSA) is 55.0 Å². The van der Waals surface area contributed by atoms with Gasteiger partial charge in [0.15, 0.2) is 5.69 Å². The molecule has 94 valence electrons. The lowest BCUT2D eigenvalue weighted by atomic mass is 10.1. The van der Waals surface area contributed by atoms with Crippen molar-refractivity contribution in [3.05, 3.63) is 11.8 Å². The van der Waals surface area contributed by atoms with Crippen LogP contribution in [-0.2, 0) is 6.18 Å². The van der Waals surface area contributed by atoms with Gasteiger partial charge in [-0.1, -0.05) is 0 Å². The largest absolute Gasteiger partial charge is 0.433 e. The van der Waals surface area contributed by atoms with Crippen LogP contribution in [0.15, 0.2) is 6.07 Å². The minimum absolute atomic E-state index is 0.268. The molecular formula is C10H13F3N4.